The van der Waals surface area contributed by atoms with Crippen molar-refractivity contribution in [2.24, 2.45) is 0 Å². The van der Waals surface area contributed by atoms with Crippen molar-refractivity contribution in [3.8, 4) is 5.75 Å². The molecule has 1 unspecified atom stereocenters. The van der Waals surface area contributed by atoms with E-state index in [1.807, 2.05) is 18.2 Å². The predicted octanol–water partition coefficient (Wildman–Crippen LogP) is 2.26. The molecule has 2 N–H and O–H groups in total. The van der Waals surface area contributed by atoms with E-state index < -0.39 is 0 Å². The van der Waals surface area contributed by atoms with E-state index >= 15 is 0 Å². The Morgan fingerprint density at radius 1 is 1.32 bits per heavy atom. The van der Waals surface area contributed by atoms with Gasteiger partial charge < -0.3 is 15.4 Å². The first-order valence-electron chi connectivity index (χ1n) is 6.88. The molecule has 0 bridgehead atoms. The summed E-state index contributed by atoms with van der Waals surface area (Å²) >= 11 is 0. The third kappa shape index (κ3) is 4.91. The lowest BCUT2D eigenvalue weighted by atomic mass is 10.0. The molecular weight excluding hydrogens is 240 g/mol. The fraction of sp³-hybridized carbons (Fsp3) is 0.533. The van der Waals surface area contributed by atoms with Crippen LogP contribution in [0.5, 0.6) is 5.75 Å². The standard InChI is InChI=1S/C15H24N2O2/c1-4-10-17-13(5-2)12-8-6-7-9-14(12)19-11-15(18)16-3/h6-9,13,17H,4-5,10-11H2,1-3H3,(H,16,18). The van der Waals surface area contributed by atoms with Crippen LogP contribution in [-0.2, 0) is 4.79 Å². The molecule has 0 radical (unpaired) electrons. The maximum atomic E-state index is 11.3. The van der Waals surface area contributed by atoms with Gasteiger partial charge in [0.2, 0.25) is 0 Å². The third-order valence-electron chi connectivity index (χ3n) is 2.98. The van der Waals surface area contributed by atoms with Gasteiger partial charge in [-0.25, -0.2) is 0 Å². The Morgan fingerprint density at radius 3 is 2.68 bits per heavy atom. The van der Waals surface area contributed by atoms with E-state index in [-0.39, 0.29) is 18.6 Å². The summed E-state index contributed by atoms with van der Waals surface area (Å²) in [6.07, 6.45) is 2.08. The topological polar surface area (TPSA) is 50.4 Å². The van der Waals surface area contributed by atoms with Crippen LogP contribution in [-0.4, -0.2) is 26.1 Å². The van der Waals surface area contributed by atoms with E-state index in [2.05, 4.69) is 30.5 Å². The summed E-state index contributed by atoms with van der Waals surface area (Å²) in [5, 5.41) is 6.05. The van der Waals surface area contributed by atoms with Crippen molar-refractivity contribution in [3.05, 3.63) is 29.8 Å². The molecule has 1 atom stereocenters. The summed E-state index contributed by atoms with van der Waals surface area (Å²) in [6, 6.07) is 8.15. The molecule has 1 amide bonds. The van der Waals surface area contributed by atoms with Gasteiger partial charge in [-0.15, -0.1) is 0 Å². The Balaban J connectivity index is 2.78. The average Bonchev–Trinajstić information content (AvgIpc) is 2.46. The molecule has 0 heterocycles. The van der Waals surface area contributed by atoms with Crippen molar-refractivity contribution >= 4 is 5.91 Å². The highest BCUT2D eigenvalue weighted by Crippen LogP contribution is 2.27. The SMILES string of the molecule is CCCNC(CC)c1ccccc1OCC(=O)NC. The first-order chi connectivity index (χ1) is 9.22. The highest BCUT2D eigenvalue weighted by atomic mass is 16.5. The highest BCUT2D eigenvalue weighted by molar-refractivity contribution is 5.77. The van der Waals surface area contributed by atoms with Gasteiger partial charge in [0.1, 0.15) is 5.75 Å². The molecule has 0 aliphatic rings. The molecule has 1 aromatic rings. The molecule has 0 fully saturated rings. The molecule has 0 saturated carbocycles. The Bertz CT molecular complexity index is 393. The largest absolute Gasteiger partial charge is 0.483 e. The van der Waals surface area contributed by atoms with Crippen LogP contribution in [0, 0.1) is 0 Å². The second-order valence-electron chi connectivity index (χ2n) is 4.41. The predicted molar refractivity (Wildman–Crippen MR) is 77.3 cm³/mol. The average molecular weight is 264 g/mol. The Kier molecular flexibility index (Phi) is 6.97. The van der Waals surface area contributed by atoms with Crippen LogP contribution in [0.25, 0.3) is 0 Å². The molecule has 1 rings (SSSR count). The fourth-order valence-electron chi connectivity index (χ4n) is 1.91. The lowest BCUT2D eigenvalue weighted by molar-refractivity contribution is -0.122. The maximum absolute atomic E-state index is 11.3. The molecule has 106 valence electrons. The highest BCUT2D eigenvalue weighted by Gasteiger charge is 2.14. The normalized spacial score (nSPS) is 11.9. The van der Waals surface area contributed by atoms with Gasteiger partial charge in [0.25, 0.3) is 5.91 Å². The van der Waals surface area contributed by atoms with Crippen molar-refractivity contribution in [2.75, 3.05) is 20.2 Å². The van der Waals surface area contributed by atoms with E-state index in [4.69, 9.17) is 4.74 Å². The van der Waals surface area contributed by atoms with Gasteiger partial charge in [-0.3, -0.25) is 4.79 Å². The van der Waals surface area contributed by atoms with Gasteiger partial charge >= 0.3 is 0 Å². The number of para-hydroxylation sites is 1. The molecular formula is C15H24N2O2. The number of carbonyl (C=O) groups excluding carboxylic acids is 1. The van der Waals surface area contributed by atoms with E-state index in [9.17, 15) is 4.79 Å². The van der Waals surface area contributed by atoms with Gasteiger partial charge in [-0.1, -0.05) is 32.0 Å². The number of nitrogens with one attached hydrogen (secondary N) is 2. The van der Waals surface area contributed by atoms with Crippen LogP contribution in [0.3, 0.4) is 0 Å². The van der Waals surface area contributed by atoms with Crippen LogP contribution in [0.15, 0.2) is 24.3 Å². The Morgan fingerprint density at radius 2 is 2.05 bits per heavy atom. The maximum Gasteiger partial charge on any atom is 0.257 e. The molecule has 0 aliphatic carbocycles. The van der Waals surface area contributed by atoms with Crippen LogP contribution in [0.4, 0.5) is 0 Å². The minimum Gasteiger partial charge on any atom is -0.483 e. The molecule has 0 aliphatic heterocycles. The number of hydrogen-bond donors (Lipinski definition) is 2. The molecule has 4 nitrogen and oxygen atoms in total. The molecule has 1 aromatic carbocycles. The number of rotatable bonds is 8. The molecule has 4 heteroatoms. The summed E-state index contributed by atoms with van der Waals surface area (Å²) in [7, 11) is 1.61. The zero-order chi connectivity index (χ0) is 14.1. The molecule has 0 spiro atoms. The summed E-state index contributed by atoms with van der Waals surface area (Å²) in [5.74, 6) is 0.658. The van der Waals surface area contributed by atoms with Crippen LogP contribution < -0.4 is 15.4 Å². The second-order valence-corrected chi connectivity index (χ2v) is 4.41. The summed E-state index contributed by atoms with van der Waals surface area (Å²) < 4.78 is 5.60. The Labute approximate surface area is 115 Å². The quantitative estimate of drug-likeness (QED) is 0.757. The number of ether oxygens (including phenoxy) is 1. The summed E-state index contributed by atoms with van der Waals surface area (Å²) in [5.41, 5.74) is 1.11. The smallest absolute Gasteiger partial charge is 0.257 e. The second kappa shape index (κ2) is 8.53. The number of likely N-dealkylation sites (N-methyl/N-ethyl adjacent to an activating group) is 1. The minimum absolute atomic E-state index is 0.0533. The van der Waals surface area contributed by atoms with Crippen molar-refractivity contribution in [3.63, 3.8) is 0 Å². The lowest BCUT2D eigenvalue weighted by Crippen LogP contribution is -2.26. The first-order valence-corrected chi connectivity index (χ1v) is 6.88. The Hall–Kier alpha value is -1.55. The van der Waals surface area contributed by atoms with Gasteiger partial charge in [0.05, 0.1) is 0 Å². The van der Waals surface area contributed by atoms with Gasteiger partial charge in [-0.2, -0.15) is 0 Å². The third-order valence-corrected chi connectivity index (χ3v) is 2.98. The van der Waals surface area contributed by atoms with Gasteiger partial charge in [0, 0.05) is 18.7 Å². The minimum atomic E-state index is -0.121. The summed E-state index contributed by atoms with van der Waals surface area (Å²) in [6.45, 7) is 5.32. The van der Waals surface area contributed by atoms with E-state index in [0.29, 0.717) is 0 Å². The zero-order valence-electron chi connectivity index (χ0n) is 12.0. The van der Waals surface area contributed by atoms with Gasteiger partial charge in [0.15, 0.2) is 6.61 Å². The number of amides is 1. The van der Waals surface area contributed by atoms with E-state index in [0.717, 1.165) is 30.7 Å². The fourth-order valence-corrected chi connectivity index (χ4v) is 1.91. The van der Waals surface area contributed by atoms with Crippen molar-refractivity contribution in [1.29, 1.82) is 0 Å². The van der Waals surface area contributed by atoms with E-state index in [1.54, 1.807) is 7.05 Å². The number of hydrogen-bond acceptors (Lipinski definition) is 3. The molecule has 0 aromatic heterocycles. The molecule has 0 saturated heterocycles. The van der Waals surface area contributed by atoms with Crippen LogP contribution in [0.2, 0.25) is 0 Å². The van der Waals surface area contributed by atoms with Crippen molar-refractivity contribution in [1.82, 2.24) is 10.6 Å². The van der Waals surface area contributed by atoms with Crippen molar-refractivity contribution in [2.45, 2.75) is 32.7 Å². The van der Waals surface area contributed by atoms with Crippen LogP contribution in [0.1, 0.15) is 38.3 Å². The summed E-state index contributed by atoms with van der Waals surface area (Å²) in [4.78, 5) is 11.3. The first kappa shape index (κ1) is 15.5. The zero-order valence-corrected chi connectivity index (χ0v) is 12.0. The van der Waals surface area contributed by atoms with E-state index in [1.165, 1.54) is 0 Å². The van der Waals surface area contributed by atoms with Crippen LogP contribution >= 0.6 is 0 Å². The van der Waals surface area contributed by atoms with Crippen molar-refractivity contribution < 1.29 is 9.53 Å². The number of benzene rings is 1. The lowest BCUT2D eigenvalue weighted by Gasteiger charge is -2.20. The molecule has 19 heavy (non-hydrogen) atoms. The number of carbonyl (C=O) groups is 1. The monoisotopic (exact) mass is 264 g/mol. The van der Waals surface area contributed by atoms with Gasteiger partial charge in [-0.05, 0) is 25.5 Å².